The number of halogens is 2. The Morgan fingerprint density at radius 3 is 2.50 bits per heavy atom. The van der Waals surface area contributed by atoms with Gasteiger partial charge in [0.2, 0.25) is 10.0 Å². The van der Waals surface area contributed by atoms with E-state index in [1.807, 2.05) is 0 Å². The van der Waals surface area contributed by atoms with Crippen molar-refractivity contribution in [1.29, 1.82) is 0 Å². The molecule has 2 amide bonds. The minimum atomic E-state index is -3.96. The molecule has 1 aromatic carbocycles. The Hall–Kier alpha value is -2.24. The van der Waals surface area contributed by atoms with Crippen LogP contribution in [-0.4, -0.2) is 41.7 Å². The minimum Gasteiger partial charge on any atom is -0.345 e. The lowest BCUT2D eigenvalue weighted by Crippen LogP contribution is -2.51. The zero-order valence-corrected chi connectivity index (χ0v) is 17.3. The summed E-state index contributed by atoms with van der Waals surface area (Å²) in [7, 11) is -2.28. The molecule has 0 radical (unpaired) electrons. The third-order valence-corrected chi connectivity index (χ3v) is 6.79. The molecule has 11 heteroatoms. The Kier molecular flexibility index (Phi) is 5.87. The molecule has 28 heavy (non-hydrogen) atoms. The van der Waals surface area contributed by atoms with E-state index >= 15 is 0 Å². The van der Waals surface area contributed by atoms with Gasteiger partial charge in [-0.15, -0.1) is 0 Å². The molecule has 0 aliphatic carbocycles. The first-order valence-corrected chi connectivity index (χ1v) is 10.6. The van der Waals surface area contributed by atoms with Gasteiger partial charge in [-0.05, 0) is 59.1 Å². The minimum absolute atomic E-state index is 0.0914. The number of rotatable bonds is 4. The third kappa shape index (κ3) is 4.10. The smallest absolute Gasteiger partial charge is 0.286 e. The van der Waals surface area contributed by atoms with E-state index in [9.17, 15) is 22.4 Å². The highest BCUT2D eigenvalue weighted by molar-refractivity contribution is 9.10. The van der Waals surface area contributed by atoms with Gasteiger partial charge in [0.25, 0.3) is 11.8 Å². The lowest BCUT2D eigenvalue weighted by atomic mass is 10.2. The fourth-order valence-electron chi connectivity index (χ4n) is 3.05. The molecule has 1 aliphatic heterocycles. The molecule has 1 aliphatic rings. The maximum Gasteiger partial charge on any atom is 0.286 e. The number of nitrogens with zero attached hydrogens (tertiary/aromatic N) is 2. The van der Waals surface area contributed by atoms with E-state index in [2.05, 4.69) is 26.8 Å². The number of sulfonamides is 1. The van der Waals surface area contributed by atoms with Crippen LogP contribution in [0, 0.1) is 5.82 Å². The molecule has 150 valence electrons. The molecule has 1 unspecified atom stereocenters. The van der Waals surface area contributed by atoms with Crippen LogP contribution >= 0.6 is 15.9 Å². The van der Waals surface area contributed by atoms with Gasteiger partial charge in [0.15, 0.2) is 0 Å². The second kappa shape index (κ2) is 8.02. The molecule has 1 saturated heterocycles. The maximum atomic E-state index is 13.1. The average Bonchev–Trinajstić information content (AvgIpc) is 3.26. The summed E-state index contributed by atoms with van der Waals surface area (Å²) in [6, 6.07) is 5.05. The molecule has 1 atom stereocenters. The number of benzene rings is 1. The predicted octanol–water partition coefficient (Wildman–Crippen LogP) is 1.54. The van der Waals surface area contributed by atoms with Crippen molar-refractivity contribution in [2.24, 2.45) is 7.05 Å². The van der Waals surface area contributed by atoms with E-state index in [0.717, 1.165) is 28.6 Å². The lowest BCUT2D eigenvalue weighted by Gasteiger charge is -2.23. The van der Waals surface area contributed by atoms with E-state index in [0.29, 0.717) is 23.0 Å². The molecule has 3 rings (SSSR count). The van der Waals surface area contributed by atoms with Crippen molar-refractivity contribution in [2.75, 3.05) is 6.54 Å². The summed E-state index contributed by atoms with van der Waals surface area (Å²) < 4.78 is 42.0. The second-order valence-corrected chi connectivity index (χ2v) is 9.13. The average molecular weight is 473 g/mol. The zero-order valence-electron chi connectivity index (χ0n) is 14.9. The van der Waals surface area contributed by atoms with Crippen LogP contribution in [0.2, 0.25) is 0 Å². The first-order chi connectivity index (χ1) is 13.2. The Morgan fingerprint density at radius 2 is 1.89 bits per heavy atom. The van der Waals surface area contributed by atoms with Crippen molar-refractivity contribution < 1.29 is 22.4 Å². The van der Waals surface area contributed by atoms with Gasteiger partial charge < -0.3 is 4.57 Å². The van der Waals surface area contributed by atoms with E-state index in [-0.39, 0.29) is 11.4 Å². The van der Waals surface area contributed by atoms with Gasteiger partial charge >= 0.3 is 0 Å². The summed E-state index contributed by atoms with van der Waals surface area (Å²) in [6.07, 6.45) is 2.50. The van der Waals surface area contributed by atoms with Crippen LogP contribution in [0.25, 0.3) is 0 Å². The van der Waals surface area contributed by atoms with Crippen molar-refractivity contribution in [2.45, 2.75) is 23.8 Å². The Balaban J connectivity index is 1.70. The Labute approximate surface area is 169 Å². The van der Waals surface area contributed by atoms with Gasteiger partial charge in [-0.3, -0.25) is 20.4 Å². The number of hydrogen-bond acceptors (Lipinski definition) is 4. The summed E-state index contributed by atoms with van der Waals surface area (Å²) in [5.41, 5.74) is 4.90. The van der Waals surface area contributed by atoms with E-state index in [1.54, 1.807) is 23.9 Å². The molecule has 2 heterocycles. The maximum absolute atomic E-state index is 13.1. The predicted molar refractivity (Wildman–Crippen MR) is 102 cm³/mol. The van der Waals surface area contributed by atoms with Gasteiger partial charge in [0.1, 0.15) is 17.6 Å². The number of hydrazine groups is 1. The second-order valence-electron chi connectivity index (χ2n) is 6.33. The fourth-order valence-corrected chi connectivity index (χ4v) is 5.23. The SMILES string of the molecule is Cn1cc(Br)cc1C(=O)NNC(=O)C1CCCN1S(=O)(=O)c1ccc(F)cc1. The van der Waals surface area contributed by atoms with Crippen LogP contribution < -0.4 is 10.9 Å². The number of nitrogens with one attached hydrogen (secondary N) is 2. The molecule has 0 bridgehead atoms. The van der Waals surface area contributed by atoms with Gasteiger partial charge in [-0.25, -0.2) is 12.8 Å². The van der Waals surface area contributed by atoms with Crippen LogP contribution in [-0.2, 0) is 21.9 Å². The van der Waals surface area contributed by atoms with Gasteiger partial charge in [0.05, 0.1) is 4.90 Å². The number of aryl methyl sites for hydroxylation is 1. The van der Waals surface area contributed by atoms with E-state index in [1.165, 1.54) is 0 Å². The topological polar surface area (TPSA) is 101 Å². The molecule has 8 nitrogen and oxygen atoms in total. The summed E-state index contributed by atoms with van der Waals surface area (Å²) in [4.78, 5) is 24.6. The van der Waals surface area contributed by atoms with Crippen molar-refractivity contribution in [1.82, 2.24) is 19.7 Å². The van der Waals surface area contributed by atoms with Crippen LogP contribution in [0.5, 0.6) is 0 Å². The number of hydrogen-bond donors (Lipinski definition) is 2. The third-order valence-electron chi connectivity index (χ3n) is 4.43. The number of carbonyl (C=O) groups is 2. The summed E-state index contributed by atoms with van der Waals surface area (Å²) >= 11 is 3.26. The highest BCUT2D eigenvalue weighted by Crippen LogP contribution is 2.26. The van der Waals surface area contributed by atoms with Gasteiger partial charge in [-0.1, -0.05) is 0 Å². The number of amides is 2. The Morgan fingerprint density at radius 1 is 1.21 bits per heavy atom. The van der Waals surface area contributed by atoms with Crippen LogP contribution in [0.15, 0.2) is 45.9 Å². The normalized spacial score (nSPS) is 17.5. The molecule has 2 aromatic rings. The fraction of sp³-hybridized carbons (Fsp3) is 0.294. The first-order valence-electron chi connectivity index (χ1n) is 8.39. The molecule has 0 saturated carbocycles. The lowest BCUT2D eigenvalue weighted by molar-refractivity contribution is -0.125. The quantitative estimate of drug-likeness (QED) is 0.659. The van der Waals surface area contributed by atoms with E-state index in [4.69, 9.17) is 0 Å². The standard InChI is InChI=1S/C17H18BrFN4O4S/c1-22-10-11(18)9-15(22)17(25)21-20-16(24)14-3-2-8-23(14)28(26,27)13-6-4-12(19)5-7-13/h4-7,9-10,14H,2-3,8H2,1H3,(H,20,24)(H,21,25). The van der Waals surface area contributed by atoms with Crippen LogP contribution in [0.4, 0.5) is 4.39 Å². The molecule has 2 N–H and O–H groups in total. The zero-order chi connectivity index (χ0) is 20.5. The van der Waals surface area contributed by atoms with Gasteiger partial charge in [-0.2, -0.15) is 4.31 Å². The van der Waals surface area contributed by atoms with Crippen molar-refractivity contribution >= 4 is 37.8 Å². The van der Waals surface area contributed by atoms with E-state index < -0.39 is 33.7 Å². The van der Waals surface area contributed by atoms with Crippen LogP contribution in [0.1, 0.15) is 23.3 Å². The largest absolute Gasteiger partial charge is 0.345 e. The first kappa shape index (κ1) is 20.5. The Bertz CT molecular complexity index is 1010. The molecular weight excluding hydrogens is 455 g/mol. The highest BCUT2D eigenvalue weighted by atomic mass is 79.9. The number of carbonyl (C=O) groups excluding carboxylic acids is 2. The van der Waals surface area contributed by atoms with Crippen LogP contribution in [0.3, 0.4) is 0 Å². The molecular formula is C17H18BrFN4O4S. The van der Waals surface area contributed by atoms with Gasteiger partial charge in [0, 0.05) is 24.3 Å². The van der Waals surface area contributed by atoms with Crippen molar-refractivity contribution in [3.05, 3.63) is 52.5 Å². The van der Waals surface area contributed by atoms with Crippen molar-refractivity contribution in [3.8, 4) is 0 Å². The molecule has 1 aromatic heterocycles. The monoisotopic (exact) mass is 472 g/mol. The summed E-state index contributed by atoms with van der Waals surface area (Å²) in [5, 5.41) is 0. The summed E-state index contributed by atoms with van der Waals surface area (Å²) in [6.45, 7) is 0.163. The summed E-state index contributed by atoms with van der Waals surface area (Å²) in [5.74, 6) is -1.72. The molecule has 0 spiro atoms. The molecule has 1 fully saturated rings. The van der Waals surface area contributed by atoms with Crippen molar-refractivity contribution in [3.63, 3.8) is 0 Å². The number of aromatic nitrogens is 1. The highest BCUT2D eigenvalue weighted by Gasteiger charge is 2.39.